The van der Waals surface area contributed by atoms with E-state index in [0.717, 1.165) is 17.7 Å². The molecule has 3 rings (SSSR count). The molecule has 40 heavy (non-hydrogen) atoms. The fourth-order valence-corrected chi connectivity index (χ4v) is 6.31. The molecule has 3 amide bonds. The number of aryl methyl sites for hydroxylation is 1. The standard InChI is InChI=1S/C29H41ClN4O5S/c1-4-20-40(37,38)33(18-19-39-3)22-28(35)34(21-24-6-10-25(30)11-7-24)27-14-16-32(17-15-27)29(36)31-26-12-8-23(5-2)9-13-26/h6-13,27H,4-5,14-22H2,1-3H3,(H,31,36). The van der Waals surface area contributed by atoms with Crippen LogP contribution in [0.1, 0.15) is 44.2 Å². The summed E-state index contributed by atoms with van der Waals surface area (Å²) in [5.74, 6) is -0.305. The van der Waals surface area contributed by atoms with E-state index < -0.39 is 10.0 Å². The molecule has 1 N–H and O–H groups in total. The predicted molar refractivity (Wildman–Crippen MR) is 159 cm³/mol. The lowest BCUT2D eigenvalue weighted by Gasteiger charge is -2.39. The molecular formula is C29H41ClN4O5S. The Morgan fingerprint density at radius 2 is 1.65 bits per heavy atom. The molecule has 0 aromatic heterocycles. The van der Waals surface area contributed by atoms with Gasteiger partial charge in [0.1, 0.15) is 0 Å². The Morgan fingerprint density at radius 1 is 1.02 bits per heavy atom. The maximum Gasteiger partial charge on any atom is 0.321 e. The number of hydrogen-bond acceptors (Lipinski definition) is 5. The molecule has 1 saturated heterocycles. The van der Waals surface area contributed by atoms with Crippen molar-refractivity contribution in [3.63, 3.8) is 0 Å². The number of anilines is 1. The molecule has 0 saturated carbocycles. The van der Waals surface area contributed by atoms with Crippen molar-refractivity contribution in [1.29, 1.82) is 0 Å². The van der Waals surface area contributed by atoms with Gasteiger partial charge < -0.3 is 19.9 Å². The van der Waals surface area contributed by atoms with Gasteiger partial charge in [-0.25, -0.2) is 13.2 Å². The van der Waals surface area contributed by atoms with Gasteiger partial charge in [-0.1, -0.05) is 49.7 Å². The quantitative estimate of drug-likeness (QED) is 0.366. The van der Waals surface area contributed by atoms with Crippen molar-refractivity contribution in [1.82, 2.24) is 14.1 Å². The van der Waals surface area contributed by atoms with Crippen molar-refractivity contribution in [3.05, 3.63) is 64.7 Å². The molecule has 1 fully saturated rings. The van der Waals surface area contributed by atoms with Crippen LogP contribution in [0, 0.1) is 0 Å². The lowest BCUT2D eigenvalue weighted by molar-refractivity contribution is -0.135. The van der Waals surface area contributed by atoms with Crippen LogP contribution in [0.15, 0.2) is 48.5 Å². The first kappa shape index (κ1) is 31.9. The number of likely N-dealkylation sites (tertiary alicyclic amines) is 1. The average molecular weight is 593 g/mol. The Hall–Kier alpha value is -2.66. The van der Waals surface area contributed by atoms with Crippen LogP contribution in [0.4, 0.5) is 10.5 Å². The monoisotopic (exact) mass is 592 g/mol. The number of carbonyl (C=O) groups is 2. The second-order valence-electron chi connectivity index (χ2n) is 9.99. The Balaban J connectivity index is 1.72. The fourth-order valence-electron chi connectivity index (χ4n) is 4.75. The second-order valence-corrected chi connectivity index (χ2v) is 12.5. The van der Waals surface area contributed by atoms with Crippen LogP contribution in [0.2, 0.25) is 5.02 Å². The summed E-state index contributed by atoms with van der Waals surface area (Å²) >= 11 is 6.07. The number of rotatable bonds is 13. The average Bonchev–Trinajstić information content (AvgIpc) is 2.95. The van der Waals surface area contributed by atoms with Gasteiger partial charge in [0, 0.05) is 50.0 Å². The van der Waals surface area contributed by atoms with Crippen LogP contribution in [0.25, 0.3) is 0 Å². The van der Waals surface area contributed by atoms with Crippen molar-refractivity contribution in [3.8, 4) is 0 Å². The number of hydrogen-bond donors (Lipinski definition) is 1. The van der Waals surface area contributed by atoms with E-state index in [9.17, 15) is 18.0 Å². The molecule has 220 valence electrons. The Kier molecular flexibility index (Phi) is 12.2. The number of carbonyl (C=O) groups excluding carboxylic acids is 2. The normalized spacial score (nSPS) is 14.4. The Bertz CT molecular complexity index is 1200. The summed E-state index contributed by atoms with van der Waals surface area (Å²) in [7, 11) is -2.11. The molecular weight excluding hydrogens is 552 g/mol. The summed E-state index contributed by atoms with van der Waals surface area (Å²) in [4.78, 5) is 30.1. The van der Waals surface area contributed by atoms with Gasteiger partial charge in [-0.2, -0.15) is 4.31 Å². The van der Waals surface area contributed by atoms with Crippen molar-refractivity contribution in [2.24, 2.45) is 0 Å². The highest BCUT2D eigenvalue weighted by atomic mass is 35.5. The second kappa shape index (κ2) is 15.4. The molecule has 11 heteroatoms. The van der Waals surface area contributed by atoms with Crippen LogP contribution in [0.3, 0.4) is 0 Å². The van der Waals surface area contributed by atoms with E-state index in [1.54, 1.807) is 28.9 Å². The van der Waals surface area contributed by atoms with E-state index in [1.807, 2.05) is 36.4 Å². The van der Waals surface area contributed by atoms with E-state index >= 15 is 0 Å². The summed E-state index contributed by atoms with van der Waals surface area (Å²) in [5, 5.41) is 3.56. The number of ether oxygens (including phenoxy) is 1. The highest BCUT2D eigenvalue weighted by molar-refractivity contribution is 7.89. The highest BCUT2D eigenvalue weighted by Crippen LogP contribution is 2.22. The smallest absolute Gasteiger partial charge is 0.321 e. The van der Waals surface area contributed by atoms with Crippen LogP contribution in [-0.4, -0.2) is 86.2 Å². The number of benzene rings is 2. The largest absolute Gasteiger partial charge is 0.383 e. The molecule has 1 heterocycles. The summed E-state index contributed by atoms with van der Waals surface area (Å²) in [6, 6.07) is 14.8. The maximum absolute atomic E-state index is 13.7. The molecule has 1 aliphatic heterocycles. The number of sulfonamides is 1. The van der Waals surface area contributed by atoms with Crippen LogP contribution in [-0.2, 0) is 32.5 Å². The fraction of sp³-hybridized carbons (Fsp3) is 0.517. The molecule has 9 nitrogen and oxygen atoms in total. The highest BCUT2D eigenvalue weighted by Gasteiger charge is 2.32. The first-order valence-corrected chi connectivity index (χ1v) is 15.8. The predicted octanol–water partition coefficient (Wildman–Crippen LogP) is 4.62. The van der Waals surface area contributed by atoms with Crippen LogP contribution in [0.5, 0.6) is 0 Å². The molecule has 1 aliphatic rings. The van der Waals surface area contributed by atoms with Gasteiger partial charge in [-0.15, -0.1) is 0 Å². The molecule has 0 radical (unpaired) electrons. The van der Waals surface area contributed by atoms with Crippen LogP contribution >= 0.6 is 11.6 Å². The molecule has 0 unspecified atom stereocenters. The number of nitrogens with zero attached hydrogens (tertiary/aromatic N) is 3. The topological polar surface area (TPSA) is 99.3 Å². The SMILES string of the molecule is CCCS(=O)(=O)N(CCOC)CC(=O)N(Cc1ccc(Cl)cc1)C1CCN(C(=O)Nc2ccc(CC)cc2)CC1. The Labute approximate surface area is 243 Å². The first-order valence-electron chi connectivity index (χ1n) is 13.8. The zero-order valence-corrected chi connectivity index (χ0v) is 25.2. The minimum atomic E-state index is -3.61. The number of amides is 3. The molecule has 0 bridgehead atoms. The van der Waals surface area contributed by atoms with Crippen molar-refractivity contribution < 1.29 is 22.7 Å². The van der Waals surface area contributed by atoms with Gasteiger partial charge in [-0.05, 0) is 61.1 Å². The number of urea groups is 1. The Morgan fingerprint density at radius 3 is 2.23 bits per heavy atom. The number of piperidine rings is 1. The van der Waals surface area contributed by atoms with Gasteiger partial charge in [0.2, 0.25) is 15.9 Å². The van der Waals surface area contributed by atoms with Crippen molar-refractivity contribution in [2.45, 2.75) is 52.1 Å². The number of halogens is 1. The zero-order valence-electron chi connectivity index (χ0n) is 23.6. The van der Waals surface area contributed by atoms with Crippen molar-refractivity contribution in [2.75, 3.05) is 51.0 Å². The summed E-state index contributed by atoms with van der Waals surface area (Å²) in [6.45, 7) is 5.21. The van der Waals surface area contributed by atoms with E-state index in [1.165, 1.54) is 17.0 Å². The minimum absolute atomic E-state index is 0.0319. The molecule has 2 aromatic carbocycles. The van der Waals surface area contributed by atoms with E-state index in [-0.39, 0.29) is 43.4 Å². The molecule has 0 atom stereocenters. The lowest BCUT2D eigenvalue weighted by Crippen LogP contribution is -2.52. The number of nitrogens with one attached hydrogen (secondary N) is 1. The van der Waals surface area contributed by atoms with Gasteiger partial charge in [-0.3, -0.25) is 4.79 Å². The molecule has 2 aromatic rings. The first-order chi connectivity index (χ1) is 19.2. The summed E-state index contributed by atoms with van der Waals surface area (Å²) < 4.78 is 32.1. The summed E-state index contributed by atoms with van der Waals surface area (Å²) in [6.07, 6.45) is 2.56. The molecule has 0 aliphatic carbocycles. The third kappa shape index (κ3) is 9.19. The van der Waals surface area contributed by atoms with Gasteiger partial charge in [0.25, 0.3) is 0 Å². The van der Waals surface area contributed by atoms with E-state index in [2.05, 4.69) is 12.2 Å². The number of methoxy groups -OCH3 is 1. The maximum atomic E-state index is 13.7. The summed E-state index contributed by atoms with van der Waals surface area (Å²) in [5.41, 5.74) is 2.84. The third-order valence-corrected chi connectivity index (χ3v) is 9.38. The molecule has 0 spiro atoms. The van der Waals surface area contributed by atoms with Crippen LogP contribution < -0.4 is 5.32 Å². The van der Waals surface area contributed by atoms with Crippen molar-refractivity contribution >= 4 is 39.2 Å². The van der Waals surface area contributed by atoms with E-state index in [4.69, 9.17) is 16.3 Å². The third-order valence-electron chi connectivity index (χ3n) is 7.10. The zero-order chi connectivity index (χ0) is 29.1. The minimum Gasteiger partial charge on any atom is -0.383 e. The van der Waals surface area contributed by atoms with Gasteiger partial charge in [0.15, 0.2) is 0 Å². The van der Waals surface area contributed by atoms with E-state index in [0.29, 0.717) is 43.9 Å². The van der Waals surface area contributed by atoms with Gasteiger partial charge in [0.05, 0.1) is 18.9 Å². The lowest BCUT2D eigenvalue weighted by atomic mass is 10.0. The van der Waals surface area contributed by atoms with Gasteiger partial charge >= 0.3 is 6.03 Å².